The zero-order valence-electron chi connectivity index (χ0n) is 10.9. The maximum absolute atomic E-state index is 9.74. The van der Waals surface area contributed by atoms with Crippen molar-refractivity contribution >= 4 is 0 Å². The molecule has 0 amide bonds. The van der Waals surface area contributed by atoms with Gasteiger partial charge in [0.05, 0.1) is 6.10 Å². The molecular formula is C15H22O2. The van der Waals surface area contributed by atoms with Crippen molar-refractivity contribution in [3.8, 4) is 5.75 Å². The average Bonchev–Trinajstić information content (AvgIpc) is 2.64. The first-order valence-corrected chi connectivity index (χ1v) is 6.53. The van der Waals surface area contributed by atoms with Gasteiger partial charge in [0.25, 0.3) is 0 Å². The lowest BCUT2D eigenvalue weighted by molar-refractivity contribution is 0.0603. The second-order valence-corrected chi connectivity index (χ2v) is 5.33. The Labute approximate surface area is 104 Å². The maximum atomic E-state index is 9.74. The smallest absolute Gasteiger partial charge is 0.124 e. The van der Waals surface area contributed by atoms with E-state index in [9.17, 15) is 5.11 Å². The molecule has 0 aromatic heterocycles. The molecule has 1 saturated carbocycles. The summed E-state index contributed by atoms with van der Waals surface area (Å²) in [5, 5.41) is 9.74. The van der Waals surface area contributed by atoms with Gasteiger partial charge in [-0.05, 0) is 55.4 Å². The summed E-state index contributed by atoms with van der Waals surface area (Å²) >= 11 is 0. The van der Waals surface area contributed by atoms with Gasteiger partial charge in [0.15, 0.2) is 0 Å². The molecule has 1 fully saturated rings. The summed E-state index contributed by atoms with van der Waals surface area (Å²) in [7, 11) is 0. The fourth-order valence-corrected chi connectivity index (χ4v) is 2.59. The van der Waals surface area contributed by atoms with Crippen LogP contribution < -0.4 is 4.74 Å². The number of aryl methyl sites for hydroxylation is 1. The minimum Gasteiger partial charge on any atom is -0.488 e. The van der Waals surface area contributed by atoms with E-state index in [0.717, 1.165) is 25.0 Å². The highest BCUT2D eigenvalue weighted by molar-refractivity contribution is 5.36. The van der Waals surface area contributed by atoms with Crippen LogP contribution in [0.15, 0.2) is 18.2 Å². The third kappa shape index (κ3) is 2.81. The molecule has 2 heteroatoms. The van der Waals surface area contributed by atoms with Crippen molar-refractivity contribution in [2.75, 3.05) is 0 Å². The first kappa shape index (κ1) is 12.4. The SMILES string of the molecule is Cc1cc(O[C@H]2CCC[C@@H]2O)ccc1C(C)C. The lowest BCUT2D eigenvalue weighted by Gasteiger charge is -2.18. The van der Waals surface area contributed by atoms with E-state index in [0.29, 0.717) is 5.92 Å². The summed E-state index contributed by atoms with van der Waals surface area (Å²) in [6.45, 7) is 6.51. The molecule has 1 aliphatic rings. The van der Waals surface area contributed by atoms with Crippen LogP contribution in [0.25, 0.3) is 0 Å². The molecule has 94 valence electrons. The fourth-order valence-electron chi connectivity index (χ4n) is 2.59. The van der Waals surface area contributed by atoms with E-state index >= 15 is 0 Å². The Bertz CT molecular complexity index is 385. The van der Waals surface area contributed by atoms with Crippen molar-refractivity contribution in [3.05, 3.63) is 29.3 Å². The highest BCUT2D eigenvalue weighted by atomic mass is 16.5. The highest BCUT2D eigenvalue weighted by Gasteiger charge is 2.26. The van der Waals surface area contributed by atoms with Crippen molar-refractivity contribution in [1.29, 1.82) is 0 Å². The molecule has 2 atom stereocenters. The van der Waals surface area contributed by atoms with Gasteiger partial charge in [-0.25, -0.2) is 0 Å². The van der Waals surface area contributed by atoms with Gasteiger partial charge in [-0.2, -0.15) is 0 Å². The van der Waals surface area contributed by atoms with E-state index < -0.39 is 0 Å². The van der Waals surface area contributed by atoms with E-state index in [1.165, 1.54) is 11.1 Å². The molecule has 1 aromatic carbocycles. The Morgan fingerprint density at radius 2 is 2.06 bits per heavy atom. The predicted octanol–water partition coefficient (Wildman–Crippen LogP) is 3.41. The number of benzene rings is 1. The van der Waals surface area contributed by atoms with Gasteiger partial charge in [0.2, 0.25) is 0 Å². The van der Waals surface area contributed by atoms with Crippen LogP contribution in [-0.2, 0) is 0 Å². The number of aliphatic hydroxyl groups is 1. The summed E-state index contributed by atoms with van der Waals surface area (Å²) in [6.07, 6.45) is 2.59. The molecule has 0 aliphatic heterocycles. The van der Waals surface area contributed by atoms with Crippen LogP contribution in [-0.4, -0.2) is 17.3 Å². The van der Waals surface area contributed by atoms with Crippen molar-refractivity contribution in [2.45, 2.75) is 58.2 Å². The Balaban J connectivity index is 2.09. The number of hydrogen-bond acceptors (Lipinski definition) is 2. The molecule has 0 unspecified atom stereocenters. The summed E-state index contributed by atoms with van der Waals surface area (Å²) in [5.74, 6) is 1.43. The third-order valence-electron chi connectivity index (χ3n) is 3.57. The lowest BCUT2D eigenvalue weighted by atomic mass is 9.98. The quantitative estimate of drug-likeness (QED) is 0.868. The molecule has 0 bridgehead atoms. The fraction of sp³-hybridized carbons (Fsp3) is 0.600. The molecule has 1 N–H and O–H groups in total. The minimum absolute atomic E-state index is 0.0145. The number of aliphatic hydroxyl groups excluding tert-OH is 1. The molecule has 2 rings (SSSR count). The Hall–Kier alpha value is -1.02. The van der Waals surface area contributed by atoms with Crippen molar-refractivity contribution in [2.24, 2.45) is 0 Å². The first-order valence-electron chi connectivity index (χ1n) is 6.53. The van der Waals surface area contributed by atoms with Crippen LogP contribution in [0.1, 0.15) is 50.2 Å². The van der Waals surface area contributed by atoms with Gasteiger partial charge >= 0.3 is 0 Å². The number of rotatable bonds is 3. The van der Waals surface area contributed by atoms with Crippen molar-refractivity contribution in [3.63, 3.8) is 0 Å². The van der Waals surface area contributed by atoms with Gasteiger partial charge in [-0.1, -0.05) is 19.9 Å². The lowest BCUT2D eigenvalue weighted by Crippen LogP contribution is -2.25. The monoisotopic (exact) mass is 234 g/mol. The van der Waals surface area contributed by atoms with E-state index in [1.807, 2.05) is 6.07 Å². The Kier molecular flexibility index (Phi) is 3.72. The predicted molar refractivity (Wildman–Crippen MR) is 69.5 cm³/mol. The average molecular weight is 234 g/mol. The summed E-state index contributed by atoms with van der Waals surface area (Å²) in [6, 6.07) is 6.24. The standard InChI is InChI=1S/C15H22O2/c1-10(2)13-8-7-12(9-11(13)3)17-15-6-4-5-14(15)16/h7-10,14-16H,4-6H2,1-3H3/t14-,15-/m0/s1. The summed E-state index contributed by atoms with van der Waals surface area (Å²) < 4.78 is 5.85. The molecule has 2 nitrogen and oxygen atoms in total. The van der Waals surface area contributed by atoms with E-state index in [1.54, 1.807) is 0 Å². The van der Waals surface area contributed by atoms with Crippen LogP contribution in [0.4, 0.5) is 0 Å². The number of hydrogen-bond donors (Lipinski definition) is 1. The molecule has 0 radical (unpaired) electrons. The minimum atomic E-state index is -0.292. The molecule has 0 saturated heterocycles. The zero-order valence-corrected chi connectivity index (χ0v) is 10.9. The Morgan fingerprint density at radius 1 is 1.29 bits per heavy atom. The van der Waals surface area contributed by atoms with Crippen molar-refractivity contribution < 1.29 is 9.84 Å². The van der Waals surface area contributed by atoms with Crippen molar-refractivity contribution in [1.82, 2.24) is 0 Å². The van der Waals surface area contributed by atoms with Gasteiger partial charge in [-0.15, -0.1) is 0 Å². The van der Waals surface area contributed by atoms with Gasteiger partial charge in [0.1, 0.15) is 11.9 Å². The molecule has 0 spiro atoms. The van der Waals surface area contributed by atoms with Crippen LogP contribution >= 0.6 is 0 Å². The molecule has 1 aromatic rings. The molecule has 17 heavy (non-hydrogen) atoms. The molecule has 1 aliphatic carbocycles. The van der Waals surface area contributed by atoms with E-state index in [2.05, 4.69) is 32.9 Å². The summed E-state index contributed by atoms with van der Waals surface area (Å²) in [4.78, 5) is 0. The summed E-state index contributed by atoms with van der Waals surface area (Å²) in [5.41, 5.74) is 2.63. The van der Waals surface area contributed by atoms with Gasteiger partial charge in [-0.3, -0.25) is 0 Å². The van der Waals surface area contributed by atoms with E-state index in [4.69, 9.17) is 4.74 Å². The zero-order chi connectivity index (χ0) is 12.4. The first-order chi connectivity index (χ1) is 8.08. The van der Waals surface area contributed by atoms with Gasteiger partial charge in [0, 0.05) is 0 Å². The maximum Gasteiger partial charge on any atom is 0.124 e. The third-order valence-corrected chi connectivity index (χ3v) is 3.57. The second kappa shape index (κ2) is 5.09. The molecule has 0 heterocycles. The highest BCUT2D eigenvalue weighted by Crippen LogP contribution is 2.28. The normalized spacial score (nSPS) is 24.3. The van der Waals surface area contributed by atoms with E-state index in [-0.39, 0.29) is 12.2 Å². The van der Waals surface area contributed by atoms with Crippen LogP contribution in [0.3, 0.4) is 0 Å². The Morgan fingerprint density at radius 3 is 2.59 bits per heavy atom. The van der Waals surface area contributed by atoms with Gasteiger partial charge < -0.3 is 9.84 Å². The largest absolute Gasteiger partial charge is 0.488 e. The topological polar surface area (TPSA) is 29.5 Å². The second-order valence-electron chi connectivity index (χ2n) is 5.33. The molecular weight excluding hydrogens is 212 g/mol. The van der Waals surface area contributed by atoms with Crippen LogP contribution in [0, 0.1) is 6.92 Å². The van der Waals surface area contributed by atoms with Crippen LogP contribution in [0.2, 0.25) is 0 Å². The number of ether oxygens (including phenoxy) is 1. The van der Waals surface area contributed by atoms with Crippen LogP contribution in [0.5, 0.6) is 5.75 Å².